The topological polar surface area (TPSA) is 92.4 Å². The van der Waals surface area contributed by atoms with E-state index in [9.17, 15) is 9.59 Å². The lowest BCUT2D eigenvalue weighted by Crippen LogP contribution is -2.34. The molecule has 0 aliphatic rings. The zero-order chi connectivity index (χ0) is 9.72. The number of carbonyl (C=O) groups excluding carboxylic acids is 1. The van der Waals surface area contributed by atoms with Crippen LogP contribution in [-0.2, 0) is 9.59 Å². The molecule has 0 saturated carbocycles. The lowest BCUT2D eigenvalue weighted by atomic mass is 10.6. The summed E-state index contributed by atoms with van der Waals surface area (Å²) in [7, 11) is 0. The molecule has 5 nitrogen and oxygen atoms in total. The van der Waals surface area contributed by atoms with Crippen LogP contribution >= 0.6 is 0 Å². The number of hydrogen-bond acceptors (Lipinski definition) is 3. The summed E-state index contributed by atoms with van der Waals surface area (Å²) in [6.07, 6.45) is 0. The summed E-state index contributed by atoms with van der Waals surface area (Å²) in [5.41, 5.74) is 0.0751. The molecule has 0 fully saturated rings. The predicted molar refractivity (Wildman–Crippen MR) is 29.7 cm³/mol. The summed E-state index contributed by atoms with van der Waals surface area (Å²) in [5, 5.41) is 8.34. The van der Waals surface area contributed by atoms with Crippen LogP contribution in [0.2, 0.25) is 4.24 Å². The van der Waals surface area contributed by atoms with Gasteiger partial charge in [0.15, 0.2) is 1.41 Å². The summed E-state index contributed by atoms with van der Waals surface area (Å²) in [6.45, 7) is -1.36. The third-order valence-corrected chi connectivity index (χ3v) is 0.526. The molecule has 0 aromatic carbocycles. The van der Waals surface area contributed by atoms with Crippen molar-refractivity contribution in [1.29, 1.82) is 0 Å². The molecule has 4 N–H and O–H groups in total. The van der Waals surface area contributed by atoms with Crippen LogP contribution in [0.5, 0.6) is 0 Å². The lowest BCUT2D eigenvalue weighted by Gasteiger charge is -1.95. The Kier molecular flexibility index (Phi) is 1.64. The smallest absolute Gasteiger partial charge is 0.322 e. The molecule has 0 spiro atoms. The first kappa shape index (κ1) is 3.84. The zero-order valence-electron chi connectivity index (χ0n) is 7.57. The van der Waals surface area contributed by atoms with E-state index < -0.39 is 25.0 Å². The molecule has 0 bridgehead atoms. The molecule has 0 aliphatic carbocycles. The Bertz CT molecular complexity index is 186. The number of carboxylic acids is 1. The molecule has 0 heterocycles. The lowest BCUT2D eigenvalue weighted by molar-refractivity contribution is -0.137. The van der Waals surface area contributed by atoms with Gasteiger partial charge in [0.1, 0.15) is 9.37 Å². The monoisotopic (exact) mass is 137 g/mol. The van der Waals surface area contributed by atoms with Crippen LogP contribution in [0.1, 0.15) is 0 Å². The minimum Gasteiger partial charge on any atom is -0.480 e. The van der Waals surface area contributed by atoms with Gasteiger partial charge in [-0.1, -0.05) is 0 Å². The fourth-order valence-electron chi connectivity index (χ4n) is 0.206. The molecule has 0 unspecified atom stereocenters. The second-order valence-corrected chi connectivity index (χ2v) is 1.26. The first-order chi connectivity index (χ1) is 5.43. The van der Waals surface area contributed by atoms with Gasteiger partial charge in [-0.15, -0.1) is 0 Å². The molecule has 9 heavy (non-hydrogen) atoms. The minimum atomic E-state index is -1.31. The molecule has 1 amide bonds. The van der Waals surface area contributed by atoms with E-state index in [0.717, 1.165) is 0 Å². The van der Waals surface area contributed by atoms with Gasteiger partial charge in [-0.05, 0) is 0 Å². The average Bonchev–Trinajstić information content (AvgIpc) is 1.84. The zero-order valence-corrected chi connectivity index (χ0v) is 4.57. The first-order valence-electron chi connectivity index (χ1n) is 3.54. The number of amides is 1. The van der Waals surface area contributed by atoms with Crippen molar-refractivity contribution >= 4 is 11.9 Å². The van der Waals surface area contributed by atoms with E-state index in [-0.39, 0.29) is 11.0 Å². The molecular weight excluding hydrogens is 126 g/mol. The van der Waals surface area contributed by atoms with Gasteiger partial charge >= 0.3 is 5.97 Å². The Balaban J connectivity index is 3.85. The Morgan fingerprint density at radius 1 is 1.89 bits per heavy atom. The quantitative estimate of drug-likeness (QED) is 0.396. The average molecular weight is 137 g/mol. The van der Waals surface area contributed by atoms with Gasteiger partial charge < -0.3 is 16.1 Å². The number of carbonyl (C=O) groups is 2. The van der Waals surface area contributed by atoms with Crippen molar-refractivity contribution in [2.45, 2.75) is 0 Å². The van der Waals surface area contributed by atoms with Crippen LogP contribution < -0.4 is 11.0 Å². The van der Waals surface area contributed by atoms with Crippen molar-refractivity contribution in [3.63, 3.8) is 0 Å². The van der Waals surface area contributed by atoms with Gasteiger partial charge in [0.05, 0.1) is 6.54 Å². The number of carboxylic acid groups (broad SMARTS) is 1. The van der Waals surface area contributed by atoms with E-state index in [4.69, 9.17) is 9.34 Å². The third-order valence-electron chi connectivity index (χ3n) is 0.526. The van der Waals surface area contributed by atoms with Gasteiger partial charge in [-0.3, -0.25) is 9.59 Å². The fraction of sp³-hybridized carbons (Fsp3) is 0.500. The summed E-state index contributed by atoms with van der Waals surface area (Å²) < 4.78 is 19.8. The molecule has 0 atom stereocenters. The van der Waals surface area contributed by atoms with E-state index in [0.29, 0.717) is 0 Å². The van der Waals surface area contributed by atoms with Crippen LogP contribution in [0, 0.1) is 0 Å². The normalized spacial score (nSPS) is 13.7. The van der Waals surface area contributed by atoms with Gasteiger partial charge in [0.2, 0.25) is 5.91 Å². The van der Waals surface area contributed by atoms with Crippen LogP contribution in [0.3, 0.4) is 0 Å². The van der Waals surface area contributed by atoms with Crippen molar-refractivity contribution < 1.29 is 18.9 Å². The molecule has 52 valence electrons. The van der Waals surface area contributed by atoms with Crippen LogP contribution in [0.4, 0.5) is 0 Å². The fourth-order valence-corrected chi connectivity index (χ4v) is 0.206. The van der Waals surface area contributed by atoms with Gasteiger partial charge in [0, 0.05) is 0 Å². The van der Waals surface area contributed by atoms with Crippen molar-refractivity contribution in [2.24, 2.45) is 5.72 Å². The van der Waals surface area contributed by atoms with Crippen molar-refractivity contribution in [2.75, 3.05) is 13.1 Å². The molecular formula is C4H8N2O3. The molecule has 0 saturated heterocycles. The molecule has 0 aliphatic heterocycles. The van der Waals surface area contributed by atoms with E-state index in [1.54, 1.807) is 0 Å². The molecule has 0 rings (SSSR count). The Hall–Kier alpha value is -1.10. The highest BCUT2D eigenvalue weighted by molar-refractivity contribution is 5.82. The first-order valence-corrected chi connectivity index (χ1v) is 2.20. The highest BCUT2D eigenvalue weighted by Crippen LogP contribution is 1.60. The number of hydrogen-bond donors (Lipinski definition) is 3. The third kappa shape index (κ3) is 4.76. The van der Waals surface area contributed by atoms with Crippen LogP contribution in [0.25, 0.3) is 0 Å². The Labute approximate surface area is 56.2 Å². The number of nitrogens with one attached hydrogen (secondary N) is 1. The Morgan fingerprint density at radius 3 is 3.00 bits per heavy atom. The maximum absolute atomic E-state index is 10.7. The van der Waals surface area contributed by atoms with Crippen molar-refractivity contribution in [3.8, 4) is 0 Å². The highest BCUT2D eigenvalue weighted by Gasteiger charge is 1.98. The van der Waals surface area contributed by atoms with Gasteiger partial charge in [-0.25, -0.2) is 0 Å². The largest absolute Gasteiger partial charge is 0.480 e. The van der Waals surface area contributed by atoms with E-state index >= 15 is 0 Å². The number of rotatable bonds is 4. The molecule has 0 radical (unpaired) electrons. The summed E-state index contributed by atoms with van der Waals surface area (Å²) >= 11 is 0. The van der Waals surface area contributed by atoms with Crippen LogP contribution in [0.15, 0.2) is 0 Å². The molecule has 5 heteroatoms. The molecule has 0 aromatic rings. The Morgan fingerprint density at radius 2 is 2.56 bits per heavy atom. The SMILES string of the molecule is [2H][15N]([2H])CC(=O)[15N]([2H])CC(=O)O. The maximum atomic E-state index is 10.7. The number of nitrogens with two attached hydrogens (primary N) is 1. The summed E-state index contributed by atoms with van der Waals surface area (Å²) in [6, 6.07) is 0. The minimum absolute atomic E-state index is 0.0751. The summed E-state index contributed by atoms with van der Waals surface area (Å²) in [5.74, 6) is -2.21. The van der Waals surface area contributed by atoms with E-state index in [1.165, 1.54) is 0 Å². The standard InChI is InChI=1S/C4H8N2O3/c5-1-3(7)6-2-4(8)9/h1-2,5H2,(H,6,7)(H,8,9)/i5+1,6+1/hD3. The predicted octanol–water partition coefficient (Wildman–Crippen LogP) is -1.85. The van der Waals surface area contributed by atoms with E-state index in [2.05, 4.69) is 0 Å². The highest BCUT2D eigenvalue weighted by atomic mass is 16.4. The maximum Gasteiger partial charge on any atom is 0.322 e. The molecule has 0 aromatic heterocycles. The van der Waals surface area contributed by atoms with Crippen molar-refractivity contribution in [1.82, 2.24) is 5.31 Å². The summed E-state index contributed by atoms with van der Waals surface area (Å²) in [4.78, 5) is 20.7. The second-order valence-electron chi connectivity index (χ2n) is 1.26. The van der Waals surface area contributed by atoms with Gasteiger partial charge in [-0.2, -0.15) is 0 Å². The van der Waals surface area contributed by atoms with E-state index in [1.807, 2.05) is 0 Å². The van der Waals surface area contributed by atoms with Crippen molar-refractivity contribution in [3.05, 3.63) is 0 Å². The van der Waals surface area contributed by atoms with Gasteiger partial charge in [0.25, 0.3) is 0 Å². The second kappa shape index (κ2) is 3.85. The number of aliphatic carboxylic acids is 1. The van der Waals surface area contributed by atoms with Crippen LogP contribution in [-0.4, -0.2) is 30.1 Å².